The van der Waals surface area contributed by atoms with Gasteiger partial charge in [-0.05, 0) is 67.0 Å². The minimum Gasteiger partial charge on any atom is -0.463 e. The average molecular weight is 758 g/mol. The van der Waals surface area contributed by atoms with Crippen molar-refractivity contribution in [3.05, 3.63) is 94.9 Å². The third kappa shape index (κ3) is 7.48. The van der Waals surface area contributed by atoms with E-state index in [1.807, 2.05) is 20.8 Å². The van der Waals surface area contributed by atoms with Gasteiger partial charge in [-0.2, -0.15) is 5.10 Å². The highest BCUT2D eigenvalue weighted by Gasteiger charge is 2.60. The molecule has 280 valence electrons. The third-order valence-electron chi connectivity index (χ3n) is 9.63. The second-order valence-corrected chi connectivity index (χ2v) is 15.2. The average Bonchev–Trinajstić information content (AvgIpc) is 3.63. The van der Waals surface area contributed by atoms with Crippen molar-refractivity contribution in [1.82, 2.24) is 24.6 Å². The zero-order valence-electron chi connectivity index (χ0n) is 29.3. The van der Waals surface area contributed by atoms with E-state index in [2.05, 4.69) is 15.1 Å². The number of esters is 1. The van der Waals surface area contributed by atoms with Crippen LogP contribution in [0.25, 0.3) is 16.9 Å². The smallest absolute Gasteiger partial charge is 0.306 e. The highest BCUT2D eigenvalue weighted by atomic mass is 35.5. The van der Waals surface area contributed by atoms with E-state index >= 15 is 0 Å². The number of nitrogens with zero attached hydrogens (tertiary/aromatic N) is 6. The number of aromatic nitrogens is 4. The Kier molecular flexibility index (Phi) is 9.86. The Balaban J connectivity index is 1.41. The van der Waals surface area contributed by atoms with Crippen LogP contribution in [0.15, 0.2) is 72.1 Å². The van der Waals surface area contributed by atoms with Crippen molar-refractivity contribution in [2.75, 3.05) is 6.61 Å². The number of ether oxygens (including phenoxy) is 1. The fourth-order valence-electron chi connectivity index (χ4n) is 6.76. The van der Waals surface area contributed by atoms with Crippen LogP contribution in [0, 0.1) is 16.6 Å². The number of halogens is 6. The number of amides is 1. The molecule has 3 heterocycles. The van der Waals surface area contributed by atoms with Gasteiger partial charge < -0.3 is 10.5 Å². The number of hydrogen-bond donors (Lipinski definition) is 1. The van der Waals surface area contributed by atoms with Gasteiger partial charge in [-0.25, -0.2) is 36.6 Å². The SMILES string of the molecule is CC(C)(C)C[C@]1(c2ccc(-c3ccc(F)cn3)cc2)N=C(N)N([C@H](COC(=O)CC2(C(C)(F)F)CC2)c2ccc(Cl)c(-n3ncnc3C(F)F)c2)C1=O. The molecule has 2 N–H and O–H groups in total. The van der Waals surface area contributed by atoms with Gasteiger partial charge in [-0.3, -0.25) is 19.5 Å². The Morgan fingerprint density at radius 2 is 1.74 bits per heavy atom. The lowest BCUT2D eigenvalue weighted by molar-refractivity contribution is -0.153. The van der Waals surface area contributed by atoms with Crippen molar-refractivity contribution in [3.63, 3.8) is 0 Å². The Morgan fingerprint density at radius 3 is 2.32 bits per heavy atom. The summed E-state index contributed by atoms with van der Waals surface area (Å²) >= 11 is 6.46. The van der Waals surface area contributed by atoms with E-state index in [4.69, 9.17) is 27.1 Å². The maximum Gasteiger partial charge on any atom is 0.306 e. The number of guanidine groups is 1. The molecule has 0 bridgehead atoms. The zero-order valence-corrected chi connectivity index (χ0v) is 30.1. The first-order valence-corrected chi connectivity index (χ1v) is 17.1. The summed E-state index contributed by atoms with van der Waals surface area (Å²) in [5, 5.41) is 3.93. The van der Waals surface area contributed by atoms with E-state index in [0.29, 0.717) is 16.8 Å². The molecule has 4 aromatic rings. The second-order valence-electron chi connectivity index (χ2n) is 14.8. The molecule has 2 aromatic heterocycles. The van der Waals surface area contributed by atoms with Crippen LogP contribution in [-0.4, -0.2) is 55.0 Å². The zero-order chi connectivity index (χ0) is 38.5. The van der Waals surface area contributed by atoms with Gasteiger partial charge in [0, 0.05) is 11.0 Å². The van der Waals surface area contributed by atoms with Gasteiger partial charge in [0.25, 0.3) is 18.3 Å². The topological polar surface area (TPSA) is 129 Å². The van der Waals surface area contributed by atoms with Crippen LogP contribution < -0.4 is 5.73 Å². The standard InChI is InChI=1S/C37H37ClF5N7O3/c1-34(2,3)19-37(23-8-5-21(6-9-23)26-12-10-24(39)17-45-26)32(52)49(33(44)48-37)28(18-53-29(51)16-36(13-14-36)35(4,42)43)22-7-11-25(38)27(15-22)50-31(30(40)41)46-20-47-50/h5-12,15,17,20,28,30H,13-14,16,18-19H2,1-4H3,(H2,44,48)/t28-,37-/m1/s1. The number of pyridine rings is 1. The molecule has 2 atom stereocenters. The quantitative estimate of drug-likeness (QED) is 0.115. The van der Waals surface area contributed by atoms with Crippen LogP contribution in [0.2, 0.25) is 5.02 Å². The minimum atomic E-state index is -3.12. The van der Waals surface area contributed by atoms with Crippen molar-refractivity contribution < 1.29 is 36.3 Å². The molecule has 0 saturated heterocycles. The normalized spacial score (nSPS) is 19.0. The predicted octanol–water partition coefficient (Wildman–Crippen LogP) is 7.96. The molecule has 1 fully saturated rings. The third-order valence-corrected chi connectivity index (χ3v) is 9.95. The van der Waals surface area contributed by atoms with E-state index in [1.165, 1.54) is 30.3 Å². The van der Waals surface area contributed by atoms with Crippen molar-refractivity contribution >= 4 is 29.4 Å². The molecule has 1 aliphatic heterocycles. The molecule has 2 aliphatic rings. The summed E-state index contributed by atoms with van der Waals surface area (Å²) in [6.07, 6.45) is -1.05. The largest absolute Gasteiger partial charge is 0.463 e. The Hall–Kier alpha value is -4.92. The summed E-state index contributed by atoms with van der Waals surface area (Å²) in [6, 6.07) is 12.7. The molecule has 6 rings (SSSR count). The molecule has 1 aliphatic carbocycles. The fourth-order valence-corrected chi connectivity index (χ4v) is 6.96. The van der Waals surface area contributed by atoms with Crippen molar-refractivity contribution in [2.45, 2.75) is 77.3 Å². The number of rotatable bonds is 12. The van der Waals surface area contributed by atoms with E-state index < -0.39 is 71.3 Å². The Labute approximate surface area is 307 Å². The number of alkyl halides is 4. The van der Waals surface area contributed by atoms with E-state index in [9.17, 15) is 31.5 Å². The summed E-state index contributed by atoms with van der Waals surface area (Å²) < 4.78 is 76.5. The van der Waals surface area contributed by atoms with Crippen molar-refractivity contribution in [3.8, 4) is 16.9 Å². The lowest BCUT2D eigenvalue weighted by Crippen LogP contribution is -2.47. The van der Waals surface area contributed by atoms with Crippen LogP contribution in [-0.2, 0) is 19.9 Å². The highest BCUT2D eigenvalue weighted by Crippen LogP contribution is 2.59. The molecule has 53 heavy (non-hydrogen) atoms. The molecule has 1 amide bonds. The van der Waals surface area contributed by atoms with Crippen molar-refractivity contribution in [2.24, 2.45) is 21.6 Å². The maximum absolute atomic E-state index is 14.9. The first-order valence-electron chi connectivity index (χ1n) is 16.8. The number of hydrogen-bond acceptors (Lipinski definition) is 8. The van der Waals surface area contributed by atoms with E-state index in [0.717, 1.165) is 29.0 Å². The van der Waals surface area contributed by atoms with Gasteiger partial charge in [0.2, 0.25) is 0 Å². The number of carbonyl (C=O) groups is 2. The molecule has 0 spiro atoms. The second kappa shape index (κ2) is 13.8. The van der Waals surface area contributed by atoms with Crippen molar-refractivity contribution in [1.29, 1.82) is 0 Å². The summed E-state index contributed by atoms with van der Waals surface area (Å²) in [5.74, 6) is -6.02. The summed E-state index contributed by atoms with van der Waals surface area (Å²) in [6.45, 7) is 5.99. The van der Waals surface area contributed by atoms with Gasteiger partial charge in [0.1, 0.15) is 18.8 Å². The van der Waals surface area contributed by atoms with Gasteiger partial charge >= 0.3 is 5.97 Å². The van der Waals surface area contributed by atoms with Gasteiger partial charge in [-0.1, -0.05) is 62.7 Å². The lowest BCUT2D eigenvalue weighted by Gasteiger charge is -2.35. The maximum atomic E-state index is 14.9. The predicted molar refractivity (Wildman–Crippen MR) is 186 cm³/mol. The highest BCUT2D eigenvalue weighted by molar-refractivity contribution is 6.32. The summed E-state index contributed by atoms with van der Waals surface area (Å²) in [5.41, 5.74) is 4.86. The number of carbonyl (C=O) groups excluding carboxylic acids is 2. The van der Waals surface area contributed by atoms with Crippen LogP contribution in [0.1, 0.15) is 82.8 Å². The Bertz CT molecular complexity index is 2040. The molecule has 2 aromatic carbocycles. The molecular weight excluding hydrogens is 721 g/mol. The molecule has 0 radical (unpaired) electrons. The van der Waals surface area contributed by atoms with Gasteiger partial charge in [0.05, 0.1) is 35.1 Å². The lowest BCUT2D eigenvalue weighted by atomic mass is 9.75. The molecule has 10 nitrogen and oxygen atoms in total. The molecule has 1 saturated carbocycles. The first-order chi connectivity index (χ1) is 24.8. The van der Waals surface area contributed by atoms with Crippen LogP contribution in [0.4, 0.5) is 22.0 Å². The summed E-state index contributed by atoms with van der Waals surface area (Å²) in [7, 11) is 0. The van der Waals surface area contributed by atoms with Gasteiger partial charge in [0.15, 0.2) is 17.3 Å². The van der Waals surface area contributed by atoms with Crippen LogP contribution >= 0.6 is 11.6 Å². The van der Waals surface area contributed by atoms with E-state index in [1.54, 1.807) is 24.3 Å². The molecule has 16 heteroatoms. The number of nitrogens with two attached hydrogens (primary N) is 1. The number of aliphatic imine (C=N–C) groups is 1. The molecular formula is C37H37ClF5N7O3. The minimum absolute atomic E-state index is 0.0102. The monoisotopic (exact) mass is 757 g/mol. The first kappa shape index (κ1) is 37.8. The van der Waals surface area contributed by atoms with Crippen LogP contribution in [0.5, 0.6) is 0 Å². The van der Waals surface area contributed by atoms with Gasteiger partial charge in [-0.15, -0.1) is 0 Å². The number of benzene rings is 2. The summed E-state index contributed by atoms with van der Waals surface area (Å²) in [4.78, 5) is 41.8. The Morgan fingerprint density at radius 1 is 1.04 bits per heavy atom. The fraction of sp³-hybridized carbons (Fsp3) is 0.405. The molecule has 0 unspecified atom stereocenters. The van der Waals surface area contributed by atoms with Crippen LogP contribution in [0.3, 0.4) is 0 Å². The van der Waals surface area contributed by atoms with E-state index in [-0.39, 0.29) is 41.5 Å².